The summed E-state index contributed by atoms with van der Waals surface area (Å²) in [6.07, 6.45) is 12.6. The van der Waals surface area contributed by atoms with E-state index in [1.54, 1.807) is 0 Å². The van der Waals surface area contributed by atoms with Crippen LogP contribution in [0.1, 0.15) is 51.1 Å². The zero-order chi connectivity index (χ0) is 18.0. The van der Waals surface area contributed by atoms with Gasteiger partial charge in [0.05, 0.1) is 11.9 Å². The smallest absolute Gasteiger partial charge is 0.113 e. The number of hydrogen-bond acceptors (Lipinski definition) is 4. The predicted molar refractivity (Wildman–Crippen MR) is 103 cm³/mol. The minimum absolute atomic E-state index is 0.759. The first-order chi connectivity index (χ1) is 12.8. The minimum atomic E-state index is 0.759. The van der Waals surface area contributed by atoms with E-state index in [9.17, 15) is 0 Å². The summed E-state index contributed by atoms with van der Waals surface area (Å²) in [4.78, 5) is 0. The van der Waals surface area contributed by atoms with Crippen LogP contribution in [0.5, 0.6) is 0 Å². The first-order valence-electron chi connectivity index (χ1n) is 9.69. The molecule has 0 aliphatic rings. The minimum Gasteiger partial charge on any atom is -0.252 e. The van der Waals surface area contributed by atoms with Crippen molar-refractivity contribution in [3.8, 4) is 11.3 Å². The van der Waals surface area contributed by atoms with E-state index in [-0.39, 0.29) is 0 Å². The molecular formula is C20H28N6. The van der Waals surface area contributed by atoms with Gasteiger partial charge in [0.2, 0.25) is 0 Å². The van der Waals surface area contributed by atoms with Crippen molar-refractivity contribution >= 4 is 0 Å². The summed E-state index contributed by atoms with van der Waals surface area (Å²) >= 11 is 0. The quantitative estimate of drug-likeness (QED) is 0.487. The SMILES string of the molecule is CCCCCCCCn1cc(CCn2cc(-c3ccccc3)nn2)nn1. The summed E-state index contributed by atoms with van der Waals surface area (Å²) in [5, 5.41) is 17.0. The monoisotopic (exact) mass is 352 g/mol. The Morgan fingerprint density at radius 3 is 2.35 bits per heavy atom. The topological polar surface area (TPSA) is 61.4 Å². The van der Waals surface area contributed by atoms with E-state index < -0.39 is 0 Å². The highest BCUT2D eigenvalue weighted by molar-refractivity contribution is 5.57. The second-order valence-corrected chi connectivity index (χ2v) is 6.72. The fourth-order valence-electron chi connectivity index (χ4n) is 2.99. The van der Waals surface area contributed by atoms with Gasteiger partial charge in [0.1, 0.15) is 5.69 Å². The number of rotatable bonds is 11. The van der Waals surface area contributed by atoms with Crippen LogP contribution in [-0.2, 0) is 19.5 Å². The van der Waals surface area contributed by atoms with Gasteiger partial charge in [-0.25, -0.2) is 0 Å². The van der Waals surface area contributed by atoms with Gasteiger partial charge in [-0.05, 0) is 6.42 Å². The van der Waals surface area contributed by atoms with Crippen molar-refractivity contribution in [3.63, 3.8) is 0 Å². The molecule has 6 heteroatoms. The summed E-state index contributed by atoms with van der Waals surface area (Å²) in [6.45, 7) is 3.97. The Kier molecular flexibility index (Phi) is 6.93. The lowest BCUT2D eigenvalue weighted by Gasteiger charge is -2.00. The molecule has 3 rings (SSSR count). The lowest BCUT2D eigenvalue weighted by atomic mass is 10.1. The zero-order valence-electron chi connectivity index (χ0n) is 15.6. The molecule has 0 saturated heterocycles. The molecule has 2 aromatic heterocycles. The summed E-state index contributed by atoms with van der Waals surface area (Å²) in [5.74, 6) is 0. The average molecular weight is 352 g/mol. The van der Waals surface area contributed by atoms with Gasteiger partial charge < -0.3 is 0 Å². The number of nitrogens with zero attached hydrogens (tertiary/aromatic N) is 6. The van der Waals surface area contributed by atoms with Crippen LogP contribution in [0, 0.1) is 0 Å². The zero-order valence-corrected chi connectivity index (χ0v) is 15.6. The van der Waals surface area contributed by atoms with E-state index in [0.29, 0.717) is 0 Å². The van der Waals surface area contributed by atoms with Crippen molar-refractivity contribution in [1.29, 1.82) is 0 Å². The van der Waals surface area contributed by atoms with Gasteiger partial charge in [0.15, 0.2) is 0 Å². The summed E-state index contributed by atoms with van der Waals surface area (Å²) < 4.78 is 3.83. The molecule has 0 saturated carbocycles. The third-order valence-corrected chi connectivity index (χ3v) is 4.53. The van der Waals surface area contributed by atoms with Crippen molar-refractivity contribution < 1.29 is 0 Å². The standard InChI is InChI=1S/C20H28N6/c1-2-3-4-5-6-10-14-25-16-19(21-23-25)13-15-26-17-20(22-24-26)18-11-8-7-9-12-18/h7-9,11-12,16-17H,2-6,10,13-15H2,1H3. The molecule has 138 valence electrons. The van der Waals surface area contributed by atoms with Gasteiger partial charge in [-0.15, -0.1) is 10.2 Å². The summed E-state index contributed by atoms with van der Waals surface area (Å²) in [7, 11) is 0. The molecule has 0 radical (unpaired) electrons. The molecule has 0 unspecified atom stereocenters. The molecule has 1 aromatic carbocycles. The predicted octanol–water partition coefficient (Wildman–Crippen LogP) is 4.14. The van der Waals surface area contributed by atoms with Gasteiger partial charge in [-0.2, -0.15) is 0 Å². The fraction of sp³-hybridized carbons (Fsp3) is 0.500. The number of aryl methyl sites for hydroxylation is 3. The van der Waals surface area contributed by atoms with Crippen LogP contribution in [0.4, 0.5) is 0 Å². The maximum absolute atomic E-state index is 4.28. The van der Waals surface area contributed by atoms with E-state index >= 15 is 0 Å². The highest BCUT2D eigenvalue weighted by Gasteiger charge is 2.05. The van der Waals surface area contributed by atoms with E-state index in [1.807, 2.05) is 45.9 Å². The Balaban J connectivity index is 1.41. The van der Waals surface area contributed by atoms with Gasteiger partial charge in [0.25, 0.3) is 0 Å². The molecule has 0 N–H and O–H groups in total. The Labute approximate surface area is 155 Å². The van der Waals surface area contributed by atoms with E-state index in [0.717, 1.165) is 36.5 Å². The molecule has 3 aromatic rings. The summed E-state index contributed by atoms with van der Waals surface area (Å²) in [5.41, 5.74) is 2.99. The number of hydrogen-bond donors (Lipinski definition) is 0. The molecule has 0 fully saturated rings. The van der Waals surface area contributed by atoms with Crippen molar-refractivity contribution in [2.45, 2.75) is 65.0 Å². The number of benzene rings is 1. The highest BCUT2D eigenvalue weighted by atomic mass is 15.4. The Hall–Kier alpha value is -2.50. The summed E-state index contributed by atoms with van der Waals surface area (Å²) in [6, 6.07) is 10.1. The highest BCUT2D eigenvalue weighted by Crippen LogP contribution is 2.15. The van der Waals surface area contributed by atoms with Crippen molar-refractivity contribution in [2.75, 3.05) is 0 Å². The van der Waals surface area contributed by atoms with E-state index in [1.165, 1.54) is 38.5 Å². The first-order valence-corrected chi connectivity index (χ1v) is 9.69. The molecule has 2 heterocycles. The molecule has 0 aliphatic carbocycles. The van der Waals surface area contributed by atoms with Gasteiger partial charge >= 0.3 is 0 Å². The van der Waals surface area contributed by atoms with Crippen LogP contribution >= 0.6 is 0 Å². The third kappa shape index (κ3) is 5.51. The Bertz CT molecular complexity index is 761. The van der Waals surface area contributed by atoms with Crippen molar-refractivity contribution in [3.05, 3.63) is 48.4 Å². The lowest BCUT2D eigenvalue weighted by Crippen LogP contribution is -2.02. The lowest BCUT2D eigenvalue weighted by molar-refractivity contribution is 0.516. The molecule has 6 nitrogen and oxygen atoms in total. The largest absolute Gasteiger partial charge is 0.252 e. The van der Waals surface area contributed by atoms with Gasteiger partial charge in [-0.3, -0.25) is 9.36 Å². The van der Waals surface area contributed by atoms with Crippen LogP contribution in [-0.4, -0.2) is 30.0 Å². The Morgan fingerprint density at radius 1 is 0.769 bits per heavy atom. The van der Waals surface area contributed by atoms with Crippen LogP contribution in [0.25, 0.3) is 11.3 Å². The maximum Gasteiger partial charge on any atom is 0.113 e. The number of unbranched alkanes of at least 4 members (excludes halogenated alkanes) is 5. The van der Waals surface area contributed by atoms with Crippen LogP contribution in [0.3, 0.4) is 0 Å². The molecule has 0 amide bonds. The van der Waals surface area contributed by atoms with Crippen LogP contribution in [0.2, 0.25) is 0 Å². The molecular weight excluding hydrogens is 324 g/mol. The van der Waals surface area contributed by atoms with E-state index in [2.05, 4.69) is 33.7 Å². The maximum atomic E-state index is 4.28. The van der Waals surface area contributed by atoms with Gasteiger partial charge in [0, 0.05) is 31.3 Å². The normalized spacial score (nSPS) is 11.1. The molecule has 26 heavy (non-hydrogen) atoms. The van der Waals surface area contributed by atoms with Crippen molar-refractivity contribution in [1.82, 2.24) is 30.0 Å². The second-order valence-electron chi connectivity index (χ2n) is 6.72. The molecule has 0 aliphatic heterocycles. The Morgan fingerprint density at radius 2 is 1.50 bits per heavy atom. The second kappa shape index (κ2) is 9.85. The molecule has 0 spiro atoms. The first kappa shape index (κ1) is 18.3. The number of aromatic nitrogens is 6. The van der Waals surface area contributed by atoms with E-state index in [4.69, 9.17) is 0 Å². The van der Waals surface area contributed by atoms with Crippen LogP contribution < -0.4 is 0 Å². The van der Waals surface area contributed by atoms with Gasteiger partial charge in [-0.1, -0.05) is 79.8 Å². The average Bonchev–Trinajstić information content (AvgIpc) is 3.33. The molecule has 0 bridgehead atoms. The van der Waals surface area contributed by atoms with Crippen LogP contribution in [0.15, 0.2) is 42.7 Å². The van der Waals surface area contributed by atoms with Crippen molar-refractivity contribution in [2.24, 2.45) is 0 Å². The molecule has 0 atom stereocenters. The third-order valence-electron chi connectivity index (χ3n) is 4.53. The fourth-order valence-corrected chi connectivity index (χ4v) is 2.99.